The molecule has 0 aliphatic carbocycles. The van der Waals surface area contributed by atoms with Gasteiger partial charge in [-0.2, -0.15) is 5.10 Å². The van der Waals surface area contributed by atoms with Crippen LogP contribution in [0.4, 0.5) is 0 Å². The molecule has 2 aromatic rings. The normalized spacial score (nSPS) is 10.5. The van der Waals surface area contributed by atoms with Crippen molar-refractivity contribution in [3.8, 4) is 11.5 Å². The van der Waals surface area contributed by atoms with E-state index in [-0.39, 0.29) is 0 Å². The number of H-pyrrole nitrogens is 1. The van der Waals surface area contributed by atoms with Gasteiger partial charge in [-0.25, -0.2) is 4.98 Å². The number of hydrogen-bond acceptors (Lipinski definition) is 4. The van der Waals surface area contributed by atoms with Gasteiger partial charge in [-0.3, -0.25) is 10.1 Å². The molecule has 0 unspecified atom stereocenters. The number of aryl methyl sites for hydroxylation is 1. The summed E-state index contributed by atoms with van der Waals surface area (Å²) in [5, 5.41) is 6.94. The molecule has 15 heavy (non-hydrogen) atoms. The van der Waals surface area contributed by atoms with Crippen LogP contribution in [0.3, 0.4) is 0 Å². The molecule has 0 amide bonds. The number of aromatic amines is 1. The average Bonchev–Trinajstić information content (AvgIpc) is 2.78. The van der Waals surface area contributed by atoms with E-state index in [0.717, 1.165) is 23.5 Å². The summed E-state index contributed by atoms with van der Waals surface area (Å²) in [6.45, 7) is 2.52. The van der Waals surface area contributed by atoms with Gasteiger partial charge in [0.25, 0.3) is 0 Å². The van der Waals surface area contributed by atoms with Crippen LogP contribution in [0.5, 0.6) is 0 Å². The van der Waals surface area contributed by atoms with E-state index in [1.807, 2.05) is 19.1 Å². The van der Waals surface area contributed by atoms with E-state index in [1.54, 1.807) is 6.20 Å². The van der Waals surface area contributed by atoms with Crippen molar-refractivity contribution in [2.45, 2.75) is 19.9 Å². The van der Waals surface area contributed by atoms with E-state index in [1.165, 1.54) is 0 Å². The predicted molar refractivity (Wildman–Crippen MR) is 56.9 cm³/mol. The number of aromatic nitrogens is 4. The highest BCUT2D eigenvalue weighted by atomic mass is 15.2. The molecule has 0 fully saturated rings. The van der Waals surface area contributed by atoms with Crippen LogP contribution in [-0.2, 0) is 13.0 Å². The van der Waals surface area contributed by atoms with E-state index in [4.69, 9.17) is 5.73 Å². The van der Waals surface area contributed by atoms with Gasteiger partial charge in [0.15, 0.2) is 5.82 Å². The first-order valence-electron chi connectivity index (χ1n) is 4.90. The van der Waals surface area contributed by atoms with Gasteiger partial charge in [0.2, 0.25) is 0 Å². The third-order valence-electron chi connectivity index (χ3n) is 2.16. The molecule has 0 radical (unpaired) electrons. The molecular weight excluding hydrogens is 190 g/mol. The van der Waals surface area contributed by atoms with Gasteiger partial charge in [-0.05, 0) is 11.6 Å². The maximum Gasteiger partial charge on any atom is 0.199 e. The fraction of sp³-hybridized carbons (Fsp3) is 0.300. The second-order valence-corrected chi connectivity index (χ2v) is 3.22. The minimum Gasteiger partial charge on any atom is -0.326 e. The summed E-state index contributed by atoms with van der Waals surface area (Å²) in [4.78, 5) is 8.54. The Balaban J connectivity index is 2.28. The van der Waals surface area contributed by atoms with Crippen molar-refractivity contribution < 1.29 is 0 Å². The second-order valence-electron chi connectivity index (χ2n) is 3.22. The lowest BCUT2D eigenvalue weighted by atomic mass is 10.2. The third kappa shape index (κ3) is 2.02. The number of pyridine rings is 1. The summed E-state index contributed by atoms with van der Waals surface area (Å²) in [6.07, 6.45) is 2.59. The third-order valence-corrected chi connectivity index (χ3v) is 2.16. The van der Waals surface area contributed by atoms with Gasteiger partial charge in [0.1, 0.15) is 11.5 Å². The summed E-state index contributed by atoms with van der Waals surface area (Å²) in [5.41, 5.74) is 7.26. The van der Waals surface area contributed by atoms with Crippen LogP contribution in [0.25, 0.3) is 11.5 Å². The summed E-state index contributed by atoms with van der Waals surface area (Å²) in [7, 11) is 0. The molecule has 0 aliphatic heterocycles. The van der Waals surface area contributed by atoms with Crippen LogP contribution in [0.15, 0.2) is 18.3 Å². The number of rotatable bonds is 3. The maximum absolute atomic E-state index is 5.49. The van der Waals surface area contributed by atoms with E-state index in [0.29, 0.717) is 12.4 Å². The number of nitrogens with two attached hydrogens (primary N) is 1. The monoisotopic (exact) mass is 203 g/mol. The molecular formula is C10H13N5. The molecule has 2 rings (SSSR count). The zero-order valence-corrected chi connectivity index (χ0v) is 8.57. The first kappa shape index (κ1) is 9.79. The van der Waals surface area contributed by atoms with E-state index in [2.05, 4.69) is 20.2 Å². The Labute approximate surface area is 87.8 Å². The molecule has 2 aromatic heterocycles. The Bertz CT molecular complexity index is 431. The summed E-state index contributed by atoms with van der Waals surface area (Å²) in [5.74, 6) is 1.50. The molecule has 5 heteroatoms. The molecule has 0 spiro atoms. The van der Waals surface area contributed by atoms with Crippen molar-refractivity contribution in [1.29, 1.82) is 0 Å². The summed E-state index contributed by atoms with van der Waals surface area (Å²) < 4.78 is 0. The van der Waals surface area contributed by atoms with Gasteiger partial charge in [0, 0.05) is 19.2 Å². The highest BCUT2D eigenvalue weighted by Crippen LogP contribution is 2.11. The van der Waals surface area contributed by atoms with Crippen molar-refractivity contribution in [2.24, 2.45) is 5.73 Å². The van der Waals surface area contributed by atoms with Crippen molar-refractivity contribution in [3.63, 3.8) is 0 Å². The number of nitrogens with one attached hydrogen (secondary N) is 1. The van der Waals surface area contributed by atoms with Crippen LogP contribution >= 0.6 is 0 Å². The summed E-state index contributed by atoms with van der Waals surface area (Å²) in [6, 6.07) is 3.81. The van der Waals surface area contributed by atoms with Gasteiger partial charge < -0.3 is 5.73 Å². The topological polar surface area (TPSA) is 80.5 Å². The summed E-state index contributed by atoms with van der Waals surface area (Å²) >= 11 is 0. The van der Waals surface area contributed by atoms with Crippen molar-refractivity contribution in [1.82, 2.24) is 20.2 Å². The van der Waals surface area contributed by atoms with Crippen LogP contribution in [0.1, 0.15) is 18.3 Å². The zero-order chi connectivity index (χ0) is 10.7. The highest BCUT2D eigenvalue weighted by Gasteiger charge is 2.05. The SMILES string of the molecule is CCc1nc(-c2ccc(CN)cn2)n[nH]1. The Hall–Kier alpha value is -1.75. The largest absolute Gasteiger partial charge is 0.326 e. The lowest BCUT2D eigenvalue weighted by Crippen LogP contribution is -1.97. The lowest BCUT2D eigenvalue weighted by molar-refractivity contribution is 0.946. The number of nitrogens with zero attached hydrogens (tertiary/aromatic N) is 3. The minimum atomic E-state index is 0.501. The lowest BCUT2D eigenvalue weighted by Gasteiger charge is -1.96. The van der Waals surface area contributed by atoms with Crippen LogP contribution < -0.4 is 5.73 Å². The molecule has 0 aliphatic rings. The fourth-order valence-corrected chi connectivity index (χ4v) is 1.25. The average molecular weight is 203 g/mol. The van der Waals surface area contributed by atoms with Crippen LogP contribution in [-0.4, -0.2) is 20.2 Å². The fourth-order valence-electron chi connectivity index (χ4n) is 1.25. The molecule has 0 saturated heterocycles. The molecule has 0 saturated carbocycles. The maximum atomic E-state index is 5.49. The van der Waals surface area contributed by atoms with Crippen molar-refractivity contribution in [3.05, 3.63) is 29.7 Å². The highest BCUT2D eigenvalue weighted by molar-refractivity contribution is 5.48. The Morgan fingerprint density at radius 1 is 1.40 bits per heavy atom. The molecule has 78 valence electrons. The quantitative estimate of drug-likeness (QED) is 0.776. The van der Waals surface area contributed by atoms with E-state index >= 15 is 0 Å². The number of hydrogen-bond donors (Lipinski definition) is 2. The minimum absolute atomic E-state index is 0.501. The first-order chi connectivity index (χ1) is 7.33. The van der Waals surface area contributed by atoms with Crippen LogP contribution in [0, 0.1) is 0 Å². The molecule has 0 aromatic carbocycles. The van der Waals surface area contributed by atoms with Crippen molar-refractivity contribution >= 4 is 0 Å². The Kier molecular flexibility index (Phi) is 2.73. The molecule has 0 atom stereocenters. The molecule has 2 heterocycles. The predicted octanol–water partition coefficient (Wildman–Crippen LogP) is 0.888. The molecule has 0 bridgehead atoms. The van der Waals surface area contributed by atoms with Crippen molar-refractivity contribution in [2.75, 3.05) is 0 Å². The first-order valence-corrected chi connectivity index (χ1v) is 4.90. The van der Waals surface area contributed by atoms with Crippen LogP contribution in [0.2, 0.25) is 0 Å². The smallest absolute Gasteiger partial charge is 0.199 e. The Morgan fingerprint density at radius 3 is 2.80 bits per heavy atom. The molecule has 3 N–H and O–H groups in total. The Morgan fingerprint density at radius 2 is 2.27 bits per heavy atom. The standard InChI is InChI=1S/C10H13N5/c1-2-9-13-10(15-14-9)8-4-3-7(5-11)6-12-8/h3-4,6H,2,5,11H2,1H3,(H,13,14,15). The van der Waals surface area contributed by atoms with Gasteiger partial charge in [-0.15, -0.1) is 0 Å². The van der Waals surface area contributed by atoms with Gasteiger partial charge in [-0.1, -0.05) is 13.0 Å². The molecule has 5 nitrogen and oxygen atoms in total. The van der Waals surface area contributed by atoms with E-state index in [9.17, 15) is 0 Å². The van der Waals surface area contributed by atoms with Gasteiger partial charge >= 0.3 is 0 Å². The zero-order valence-electron chi connectivity index (χ0n) is 8.57. The second kappa shape index (κ2) is 4.18. The van der Waals surface area contributed by atoms with Gasteiger partial charge in [0.05, 0.1) is 0 Å². The van der Waals surface area contributed by atoms with E-state index < -0.39 is 0 Å².